The largest absolute Gasteiger partial charge is 0.480 e. The van der Waals surface area contributed by atoms with Crippen molar-refractivity contribution in [2.75, 3.05) is 0 Å². The quantitative estimate of drug-likeness (QED) is 0.427. The van der Waals surface area contributed by atoms with E-state index in [0.717, 1.165) is 13.8 Å². The molecule has 0 saturated carbocycles. The van der Waals surface area contributed by atoms with Gasteiger partial charge in [-0.15, -0.1) is 0 Å². The maximum Gasteiger partial charge on any atom is 0.320 e. The molecule has 0 unspecified atom stereocenters. The van der Waals surface area contributed by atoms with Crippen molar-refractivity contribution >= 4 is 41.5 Å². The van der Waals surface area contributed by atoms with Crippen molar-refractivity contribution in [2.45, 2.75) is 13.8 Å². The van der Waals surface area contributed by atoms with Crippen LogP contribution < -0.4 is 0 Å². The molecule has 0 atom stereocenters. The first kappa shape index (κ1) is 12.6. The van der Waals surface area contributed by atoms with Gasteiger partial charge < -0.3 is 10.2 Å². The van der Waals surface area contributed by atoms with E-state index in [1.54, 1.807) is 0 Å². The maximum absolute atomic E-state index is 10.1. The predicted molar refractivity (Wildman–Crippen MR) is 34.8 cm³/mol. The summed E-state index contributed by atoms with van der Waals surface area (Å²) in [5.41, 5.74) is -1.67. The number of carboxylic acids is 2. The first-order valence-electron chi connectivity index (χ1n) is 2.36. The summed E-state index contributed by atoms with van der Waals surface area (Å²) in [4.78, 5) is 20.2. The Hall–Kier alpha value is -0.0600. The van der Waals surface area contributed by atoms with E-state index in [4.69, 9.17) is 10.2 Å². The van der Waals surface area contributed by atoms with Crippen LogP contribution >= 0.6 is 0 Å². The van der Waals surface area contributed by atoms with Crippen LogP contribution in [0.1, 0.15) is 13.8 Å². The molecule has 0 rings (SSSR count). The van der Waals surface area contributed by atoms with Gasteiger partial charge in [0.25, 0.3) is 0 Å². The van der Waals surface area contributed by atoms with E-state index >= 15 is 0 Å². The Kier molecular flexibility index (Phi) is 4.98. The molecule has 0 aromatic heterocycles. The molecule has 0 fully saturated rings. The Morgan fingerprint density at radius 1 is 1.10 bits per heavy atom. The fourth-order valence-corrected chi connectivity index (χ4v) is 0.0915. The van der Waals surface area contributed by atoms with Crippen molar-refractivity contribution in [1.82, 2.24) is 0 Å². The molecule has 2 N–H and O–H groups in total. The molecule has 0 heterocycles. The van der Waals surface area contributed by atoms with Crippen molar-refractivity contribution < 1.29 is 19.8 Å². The van der Waals surface area contributed by atoms with Gasteiger partial charge in [-0.2, -0.15) is 0 Å². The number of aliphatic carboxylic acids is 2. The van der Waals surface area contributed by atoms with Crippen LogP contribution in [0.2, 0.25) is 0 Å². The van der Waals surface area contributed by atoms with E-state index in [0.29, 0.717) is 0 Å². The molecule has 0 aliphatic carbocycles. The molecule has 0 amide bonds. The smallest absolute Gasteiger partial charge is 0.320 e. The molecule has 0 aromatic rings. The molecule has 0 saturated heterocycles. The summed E-state index contributed by atoms with van der Waals surface area (Å²) in [7, 11) is 0. The van der Waals surface area contributed by atoms with Gasteiger partial charge in [-0.3, -0.25) is 9.59 Å². The Morgan fingerprint density at radius 2 is 1.30 bits per heavy atom. The SMILES string of the molecule is CC(C)(C(=O)O)C(=O)O.[Na]. The number of hydrogen-bond acceptors (Lipinski definition) is 2. The van der Waals surface area contributed by atoms with E-state index in [2.05, 4.69) is 0 Å². The number of carbonyl (C=O) groups is 2. The van der Waals surface area contributed by atoms with Gasteiger partial charge in [-0.05, 0) is 13.8 Å². The van der Waals surface area contributed by atoms with Gasteiger partial charge in [0.15, 0.2) is 5.41 Å². The minimum atomic E-state index is -1.67. The zero-order valence-electron chi connectivity index (χ0n) is 6.21. The number of hydrogen-bond donors (Lipinski definition) is 2. The van der Waals surface area contributed by atoms with Crippen molar-refractivity contribution in [2.24, 2.45) is 5.41 Å². The van der Waals surface area contributed by atoms with Crippen LogP contribution in [-0.4, -0.2) is 51.7 Å². The third-order valence-electron chi connectivity index (χ3n) is 1.07. The molecule has 0 spiro atoms. The second kappa shape index (κ2) is 3.95. The molecule has 5 heteroatoms. The Balaban J connectivity index is 0. The minimum absolute atomic E-state index is 0. The molecule has 4 nitrogen and oxygen atoms in total. The summed E-state index contributed by atoms with van der Waals surface area (Å²) < 4.78 is 0. The molecular formula is C5H8NaO4. The van der Waals surface area contributed by atoms with Crippen LogP contribution in [0.4, 0.5) is 0 Å². The van der Waals surface area contributed by atoms with Gasteiger partial charge in [0.05, 0.1) is 0 Å². The molecule has 0 aromatic carbocycles. The van der Waals surface area contributed by atoms with Gasteiger partial charge in [0.1, 0.15) is 0 Å². The second-order valence-corrected chi connectivity index (χ2v) is 2.24. The van der Waals surface area contributed by atoms with Crippen LogP contribution in [-0.2, 0) is 9.59 Å². The standard InChI is InChI=1S/C5H8O4.Na/c1-5(2,3(6)7)4(8)9;/h1-2H3,(H,6,7)(H,8,9);. The second-order valence-electron chi connectivity index (χ2n) is 2.24. The zero-order valence-corrected chi connectivity index (χ0v) is 8.21. The van der Waals surface area contributed by atoms with E-state index in [-0.39, 0.29) is 29.6 Å². The fourth-order valence-electron chi connectivity index (χ4n) is 0.0915. The number of rotatable bonds is 2. The first-order valence-corrected chi connectivity index (χ1v) is 2.36. The molecule has 0 aliphatic heterocycles. The van der Waals surface area contributed by atoms with Crippen LogP contribution in [0.5, 0.6) is 0 Å². The van der Waals surface area contributed by atoms with Gasteiger partial charge in [-0.1, -0.05) is 0 Å². The molecule has 0 aliphatic rings. The topological polar surface area (TPSA) is 74.6 Å². The van der Waals surface area contributed by atoms with E-state index in [1.807, 2.05) is 0 Å². The average Bonchev–Trinajstić information content (AvgIpc) is 1.65. The summed E-state index contributed by atoms with van der Waals surface area (Å²) in [5, 5.41) is 16.5. The van der Waals surface area contributed by atoms with Gasteiger partial charge in [0.2, 0.25) is 0 Å². The van der Waals surface area contributed by atoms with Gasteiger partial charge in [-0.25, -0.2) is 0 Å². The molecule has 53 valence electrons. The zero-order chi connectivity index (χ0) is 7.65. The monoisotopic (exact) mass is 155 g/mol. The van der Waals surface area contributed by atoms with Crippen molar-refractivity contribution in [1.29, 1.82) is 0 Å². The maximum atomic E-state index is 10.1. The summed E-state index contributed by atoms with van der Waals surface area (Å²) in [6.45, 7) is 2.27. The summed E-state index contributed by atoms with van der Waals surface area (Å²) >= 11 is 0. The van der Waals surface area contributed by atoms with E-state index < -0.39 is 17.4 Å². The first-order chi connectivity index (χ1) is 3.89. The summed E-state index contributed by atoms with van der Waals surface area (Å²) in [6, 6.07) is 0. The third kappa shape index (κ3) is 2.68. The van der Waals surface area contributed by atoms with Crippen LogP contribution in [0.15, 0.2) is 0 Å². The summed E-state index contributed by atoms with van der Waals surface area (Å²) in [5.74, 6) is -2.65. The average molecular weight is 155 g/mol. The van der Waals surface area contributed by atoms with Crippen molar-refractivity contribution in [3.05, 3.63) is 0 Å². The fraction of sp³-hybridized carbons (Fsp3) is 0.600. The minimum Gasteiger partial charge on any atom is -0.480 e. The molecule has 10 heavy (non-hydrogen) atoms. The van der Waals surface area contributed by atoms with Gasteiger partial charge >= 0.3 is 11.9 Å². The Morgan fingerprint density at radius 3 is 1.30 bits per heavy atom. The molecule has 0 bridgehead atoms. The third-order valence-corrected chi connectivity index (χ3v) is 1.07. The van der Waals surface area contributed by atoms with Crippen molar-refractivity contribution in [3.8, 4) is 0 Å². The van der Waals surface area contributed by atoms with Crippen LogP contribution in [0.25, 0.3) is 0 Å². The number of carboxylic acid groups (broad SMARTS) is 2. The Bertz CT molecular complexity index is 136. The van der Waals surface area contributed by atoms with Crippen LogP contribution in [0.3, 0.4) is 0 Å². The van der Waals surface area contributed by atoms with Crippen molar-refractivity contribution in [3.63, 3.8) is 0 Å². The van der Waals surface area contributed by atoms with Gasteiger partial charge in [0, 0.05) is 29.6 Å². The Labute approximate surface area is 80.5 Å². The molecular weight excluding hydrogens is 147 g/mol. The summed E-state index contributed by atoms with van der Waals surface area (Å²) in [6.07, 6.45) is 0. The van der Waals surface area contributed by atoms with Crippen LogP contribution in [0, 0.1) is 5.41 Å². The van der Waals surface area contributed by atoms with E-state index in [9.17, 15) is 9.59 Å². The van der Waals surface area contributed by atoms with E-state index in [1.165, 1.54) is 0 Å². The molecule has 1 radical (unpaired) electrons. The normalized spacial score (nSPS) is 9.80. The predicted octanol–water partition coefficient (Wildman–Crippen LogP) is -0.199.